The molecule has 2 aliphatic heterocycles. The number of imide groups is 1. The van der Waals surface area contributed by atoms with Gasteiger partial charge in [-0.3, -0.25) is 14.9 Å². The lowest BCUT2D eigenvalue weighted by Crippen LogP contribution is -2.59. The van der Waals surface area contributed by atoms with Crippen molar-refractivity contribution in [2.45, 2.75) is 58.5 Å². The Morgan fingerprint density at radius 2 is 1.73 bits per heavy atom. The van der Waals surface area contributed by atoms with Gasteiger partial charge in [0.1, 0.15) is 11.6 Å². The molecule has 2 N–H and O–H groups in total. The van der Waals surface area contributed by atoms with Gasteiger partial charge in [-0.05, 0) is 39.8 Å². The van der Waals surface area contributed by atoms with E-state index in [1.807, 2.05) is 58.0 Å². The summed E-state index contributed by atoms with van der Waals surface area (Å²) in [6, 6.07) is 12.0. The fraction of sp³-hybridized carbons (Fsp3) is 0.387. The Labute approximate surface area is 269 Å². The molecule has 232 valence electrons. The molecule has 2 fully saturated rings. The van der Waals surface area contributed by atoms with E-state index >= 15 is 0 Å². The molecule has 2 aliphatic rings. The van der Waals surface area contributed by atoms with E-state index in [-0.39, 0.29) is 23.2 Å². The fourth-order valence-corrected chi connectivity index (χ4v) is 7.36. The van der Waals surface area contributed by atoms with E-state index in [4.69, 9.17) is 37.7 Å². The molecular formula is C31H32Cl2N4O6S. The smallest absolute Gasteiger partial charge is 0.348 e. The van der Waals surface area contributed by atoms with Gasteiger partial charge >= 0.3 is 18.0 Å². The SMILES string of the molecule is CC(C)(C(=O)OC1C(=O)OCC1(C)C)c1sc(C(C)(C)c2c(Cl)cc(N3NCC(=O)NC3=O)cc2Cl)nc1-c1ccccc1. The topological polar surface area (TPSA) is 127 Å². The van der Waals surface area contributed by atoms with Crippen LogP contribution in [0, 0.1) is 5.41 Å². The maximum absolute atomic E-state index is 13.8. The van der Waals surface area contributed by atoms with Gasteiger partial charge in [-0.15, -0.1) is 11.3 Å². The highest BCUT2D eigenvalue weighted by molar-refractivity contribution is 7.12. The first kappa shape index (κ1) is 31.9. The van der Waals surface area contributed by atoms with Crippen molar-refractivity contribution in [2.75, 3.05) is 18.2 Å². The van der Waals surface area contributed by atoms with Gasteiger partial charge in [0.25, 0.3) is 0 Å². The summed E-state index contributed by atoms with van der Waals surface area (Å²) in [4.78, 5) is 55.8. The van der Waals surface area contributed by atoms with Crippen molar-refractivity contribution in [1.82, 2.24) is 15.7 Å². The second-order valence-corrected chi connectivity index (χ2v) is 14.3. The zero-order valence-corrected chi connectivity index (χ0v) is 27.4. The summed E-state index contributed by atoms with van der Waals surface area (Å²) in [6.07, 6.45) is -1.02. The van der Waals surface area contributed by atoms with Gasteiger partial charge in [-0.25, -0.2) is 25.0 Å². The first-order valence-corrected chi connectivity index (χ1v) is 15.4. The van der Waals surface area contributed by atoms with Crippen molar-refractivity contribution < 1.29 is 28.7 Å². The summed E-state index contributed by atoms with van der Waals surface area (Å²) in [7, 11) is 0. The number of nitrogens with zero attached hydrogens (tertiary/aromatic N) is 2. The quantitative estimate of drug-likeness (QED) is 0.306. The Hall–Kier alpha value is -3.51. The molecule has 1 atom stereocenters. The standard InChI is InChI=1S/C31H32Cl2N4O6S/c1-29(2)15-42-25(39)23(29)43-27(40)31(5,6)24-22(16-10-8-7-9-11-16)36-26(44-24)30(3,4)21-18(32)12-17(13-19(21)33)37-28(41)35-20(38)14-34-37/h7-13,23,34H,14-15H2,1-6H3,(H,35,38,41). The normalized spacial score (nSPS) is 18.7. The van der Waals surface area contributed by atoms with Crippen molar-refractivity contribution in [3.8, 4) is 11.3 Å². The minimum Gasteiger partial charge on any atom is -0.462 e. The summed E-state index contributed by atoms with van der Waals surface area (Å²) >= 11 is 15.0. The summed E-state index contributed by atoms with van der Waals surface area (Å²) in [5.41, 5.74) is 2.33. The molecule has 0 spiro atoms. The number of rotatable bonds is 7. The van der Waals surface area contributed by atoms with Crippen LogP contribution in [-0.4, -0.2) is 48.1 Å². The number of amides is 3. The second-order valence-electron chi connectivity index (χ2n) is 12.5. The molecule has 1 aromatic heterocycles. The van der Waals surface area contributed by atoms with Gasteiger partial charge in [0.2, 0.25) is 12.0 Å². The summed E-state index contributed by atoms with van der Waals surface area (Å²) in [6.45, 7) is 11.0. The molecule has 1 unspecified atom stereocenters. The van der Waals surface area contributed by atoms with Gasteiger partial charge in [0.05, 0.1) is 23.3 Å². The number of hydrogen-bond acceptors (Lipinski definition) is 9. The first-order chi connectivity index (χ1) is 20.5. The van der Waals surface area contributed by atoms with Crippen molar-refractivity contribution in [2.24, 2.45) is 5.41 Å². The number of nitrogens with one attached hydrogen (secondary N) is 2. The molecule has 2 aromatic carbocycles. The van der Waals surface area contributed by atoms with E-state index in [1.54, 1.807) is 26.0 Å². The lowest BCUT2D eigenvalue weighted by Gasteiger charge is -2.30. The van der Waals surface area contributed by atoms with E-state index in [9.17, 15) is 19.2 Å². The first-order valence-electron chi connectivity index (χ1n) is 13.9. The molecule has 0 radical (unpaired) electrons. The molecule has 0 aliphatic carbocycles. The minimum absolute atomic E-state index is 0.0873. The van der Waals surface area contributed by atoms with Crippen molar-refractivity contribution in [1.29, 1.82) is 0 Å². The Morgan fingerprint density at radius 3 is 2.30 bits per heavy atom. The molecule has 3 aromatic rings. The van der Waals surface area contributed by atoms with Crippen LogP contribution in [0.5, 0.6) is 0 Å². The van der Waals surface area contributed by atoms with Gasteiger partial charge in [-0.1, -0.05) is 67.4 Å². The van der Waals surface area contributed by atoms with Crippen LogP contribution in [0.2, 0.25) is 10.0 Å². The number of ether oxygens (including phenoxy) is 2. The Bertz CT molecular complexity index is 1650. The predicted molar refractivity (Wildman–Crippen MR) is 168 cm³/mol. The van der Waals surface area contributed by atoms with Gasteiger partial charge < -0.3 is 9.47 Å². The predicted octanol–water partition coefficient (Wildman–Crippen LogP) is 5.78. The zero-order chi connectivity index (χ0) is 32.2. The highest BCUT2D eigenvalue weighted by Gasteiger charge is 2.49. The second kappa shape index (κ2) is 11.4. The van der Waals surface area contributed by atoms with Crippen molar-refractivity contribution in [3.05, 3.63) is 68.0 Å². The lowest BCUT2D eigenvalue weighted by molar-refractivity contribution is -0.166. The number of carbonyl (C=O) groups is 4. The molecular weight excluding hydrogens is 627 g/mol. The number of halogens is 2. The average Bonchev–Trinajstić information content (AvgIpc) is 3.51. The van der Waals surface area contributed by atoms with E-state index < -0.39 is 46.2 Å². The third-order valence-corrected chi connectivity index (χ3v) is 10.1. The van der Waals surface area contributed by atoms with E-state index in [2.05, 4.69) is 10.7 Å². The third-order valence-electron chi connectivity index (χ3n) is 7.78. The number of benzene rings is 2. The molecule has 5 rings (SSSR count). The lowest BCUT2D eigenvalue weighted by atomic mass is 9.84. The number of carbonyl (C=O) groups excluding carboxylic acids is 4. The van der Waals surface area contributed by atoms with Crippen LogP contribution >= 0.6 is 34.5 Å². The van der Waals surface area contributed by atoms with Crippen molar-refractivity contribution >= 4 is 64.1 Å². The largest absolute Gasteiger partial charge is 0.462 e. The van der Waals surface area contributed by atoms with Crippen LogP contribution in [0.4, 0.5) is 10.5 Å². The van der Waals surface area contributed by atoms with Crippen LogP contribution < -0.4 is 15.8 Å². The number of hydrogen-bond donors (Lipinski definition) is 2. The Kier molecular flexibility index (Phi) is 8.30. The van der Waals surface area contributed by atoms with Crippen LogP contribution in [0.1, 0.15) is 57.0 Å². The number of cyclic esters (lactones) is 1. The summed E-state index contributed by atoms with van der Waals surface area (Å²) in [5.74, 6) is -1.59. The Balaban J connectivity index is 1.56. The number of urea groups is 1. The summed E-state index contributed by atoms with van der Waals surface area (Å²) < 4.78 is 11.0. The molecule has 0 bridgehead atoms. The van der Waals surface area contributed by atoms with Gasteiger partial charge in [0, 0.05) is 36.9 Å². The number of thiazole rings is 1. The number of esters is 2. The molecule has 3 amide bonds. The third kappa shape index (κ3) is 5.69. The number of anilines is 1. The molecule has 0 saturated carbocycles. The van der Waals surface area contributed by atoms with E-state index in [1.165, 1.54) is 16.3 Å². The molecule has 2 saturated heterocycles. The van der Waals surface area contributed by atoms with Crippen LogP contribution in [0.25, 0.3) is 11.3 Å². The van der Waals surface area contributed by atoms with Gasteiger partial charge in [-0.2, -0.15) is 0 Å². The number of aromatic nitrogens is 1. The molecule has 44 heavy (non-hydrogen) atoms. The zero-order valence-electron chi connectivity index (χ0n) is 25.0. The fourth-order valence-electron chi connectivity index (χ4n) is 5.13. The minimum atomic E-state index is -1.20. The Morgan fingerprint density at radius 1 is 1.09 bits per heavy atom. The number of hydrazine groups is 1. The highest BCUT2D eigenvalue weighted by Crippen LogP contribution is 2.48. The highest BCUT2D eigenvalue weighted by atomic mass is 35.5. The van der Waals surface area contributed by atoms with E-state index in [0.29, 0.717) is 26.8 Å². The van der Waals surface area contributed by atoms with Crippen LogP contribution in [-0.2, 0) is 34.7 Å². The van der Waals surface area contributed by atoms with Crippen LogP contribution in [0.15, 0.2) is 42.5 Å². The molecule has 13 heteroatoms. The van der Waals surface area contributed by atoms with E-state index in [0.717, 1.165) is 5.56 Å². The molecule has 3 heterocycles. The summed E-state index contributed by atoms with van der Waals surface area (Å²) in [5, 5.41) is 4.60. The van der Waals surface area contributed by atoms with Crippen LogP contribution in [0.3, 0.4) is 0 Å². The maximum atomic E-state index is 13.8. The average molecular weight is 660 g/mol. The van der Waals surface area contributed by atoms with Gasteiger partial charge in [0.15, 0.2) is 0 Å². The molecule has 10 nitrogen and oxygen atoms in total. The maximum Gasteiger partial charge on any atom is 0.348 e. The van der Waals surface area contributed by atoms with Crippen molar-refractivity contribution in [3.63, 3.8) is 0 Å². The monoisotopic (exact) mass is 658 g/mol.